The highest BCUT2D eigenvalue weighted by Gasteiger charge is 2.25. The number of benzene rings is 1. The second-order valence-corrected chi connectivity index (χ2v) is 4.88. The van der Waals surface area contributed by atoms with Crippen molar-refractivity contribution in [3.05, 3.63) is 35.4 Å². The molecule has 4 heteroatoms. The molecule has 0 radical (unpaired) electrons. The zero-order chi connectivity index (χ0) is 13.7. The quantitative estimate of drug-likeness (QED) is 0.859. The second kappa shape index (κ2) is 6.35. The van der Waals surface area contributed by atoms with Crippen molar-refractivity contribution in [3.8, 4) is 6.07 Å². The predicted molar refractivity (Wildman–Crippen MR) is 73.2 cm³/mol. The third-order valence-electron chi connectivity index (χ3n) is 3.57. The van der Waals surface area contributed by atoms with Gasteiger partial charge in [-0.3, -0.25) is 4.79 Å². The molecule has 2 atom stereocenters. The Kier molecular flexibility index (Phi) is 4.53. The van der Waals surface area contributed by atoms with Gasteiger partial charge in [-0.1, -0.05) is 31.2 Å². The molecule has 19 heavy (non-hydrogen) atoms. The van der Waals surface area contributed by atoms with Crippen LogP contribution in [0.15, 0.2) is 24.3 Å². The van der Waals surface area contributed by atoms with Gasteiger partial charge in [-0.05, 0) is 24.0 Å². The third kappa shape index (κ3) is 3.33. The summed E-state index contributed by atoms with van der Waals surface area (Å²) in [4.78, 5) is 12.2. The fourth-order valence-corrected chi connectivity index (χ4v) is 2.35. The van der Waals surface area contributed by atoms with E-state index >= 15 is 0 Å². The molecular weight excluding hydrogens is 238 g/mol. The molecular formula is C15H19N3O. The average Bonchev–Trinajstić information content (AvgIpc) is 2.46. The lowest BCUT2D eigenvalue weighted by Crippen LogP contribution is -2.50. The van der Waals surface area contributed by atoms with Gasteiger partial charge in [0.1, 0.15) is 0 Å². The van der Waals surface area contributed by atoms with Crippen molar-refractivity contribution in [1.82, 2.24) is 10.6 Å². The Morgan fingerprint density at radius 1 is 1.53 bits per heavy atom. The molecule has 0 spiro atoms. The lowest BCUT2D eigenvalue weighted by Gasteiger charge is -2.26. The van der Waals surface area contributed by atoms with Gasteiger partial charge in [-0.15, -0.1) is 0 Å². The lowest BCUT2D eigenvalue weighted by atomic mass is 9.95. The molecule has 1 heterocycles. The molecule has 1 amide bonds. The first-order valence-corrected chi connectivity index (χ1v) is 6.72. The number of carbonyl (C=O) groups excluding carboxylic acids is 1. The summed E-state index contributed by atoms with van der Waals surface area (Å²) in [6.45, 7) is 2.70. The summed E-state index contributed by atoms with van der Waals surface area (Å²) >= 11 is 0. The van der Waals surface area contributed by atoms with Crippen LogP contribution in [0.3, 0.4) is 0 Å². The van der Waals surface area contributed by atoms with Gasteiger partial charge in [-0.2, -0.15) is 5.26 Å². The molecule has 0 aliphatic carbocycles. The Labute approximate surface area is 113 Å². The largest absolute Gasteiger partial charge is 0.351 e. The second-order valence-electron chi connectivity index (χ2n) is 4.88. The molecule has 1 aliphatic heterocycles. The van der Waals surface area contributed by atoms with E-state index in [-0.39, 0.29) is 18.0 Å². The number of rotatable bonds is 4. The van der Waals surface area contributed by atoms with E-state index < -0.39 is 0 Å². The fourth-order valence-electron chi connectivity index (χ4n) is 2.35. The van der Waals surface area contributed by atoms with Crippen LogP contribution in [0.25, 0.3) is 0 Å². The summed E-state index contributed by atoms with van der Waals surface area (Å²) in [7, 11) is 0. The predicted octanol–water partition coefficient (Wildman–Crippen LogP) is 1.51. The van der Waals surface area contributed by atoms with Crippen LogP contribution in [0.2, 0.25) is 0 Å². The number of amides is 1. The maximum absolute atomic E-state index is 12.2. The van der Waals surface area contributed by atoms with Gasteiger partial charge in [-0.25, -0.2) is 0 Å². The van der Waals surface area contributed by atoms with Gasteiger partial charge in [0.25, 0.3) is 0 Å². The summed E-state index contributed by atoms with van der Waals surface area (Å²) in [6.07, 6.45) is 1.86. The van der Waals surface area contributed by atoms with E-state index in [0.717, 1.165) is 13.0 Å². The molecule has 4 nitrogen and oxygen atoms in total. The molecule has 1 aliphatic rings. The summed E-state index contributed by atoms with van der Waals surface area (Å²) in [5.41, 5.74) is 2.49. The Hall–Kier alpha value is -1.86. The van der Waals surface area contributed by atoms with Crippen molar-refractivity contribution in [1.29, 1.82) is 5.26 Å². The lowest BCUT2D eigenvalue weighted by molar-refractivity contribution is -0.124. The number of carbonyl (C=O) groups is 1. The van der Waals surface area contributed by atoms with Gasteiger partial charge in [0.2, 0.25) is 5.91 Å². The Bertz CT molecular complexity index is 492. The van der Waals surface area contributed by atoms with Gasteiger partial charge in [0.15, 0.2) is 0 Å². The maximum Gasteiger partial charge on any atom is 0.237 e. The number of fused-ring (bicyclic) bond motifs is 1. The fraction of sp³-hybridized carbons (Fsp3) is 0.467. The van der Waals surface area contributed by atoms with Crippen LogP contribution < -0.4 is 10.6 Å². The molecule has 0 fully saturated rings. The normalized spacial score (nSPS) is 19.1. The van der Waals surface area contributed by atoms with E-state index in [9.17, 15) is 4.79 Å². The standard InChI is InChI=1S/C15H19N3O/c1-2-13(7-8-16)18-15(19)14-9-11-5-3-4-6-12(11)10-17-14/h3-6,13-14,17H,2,7,9-10H2,1H3,(H,18,19)/t13?,14-/m0/s1. The molecule has 1 unspecified atom stereocenters. The average molecular weight is 257 g/mol. The molecule has 0 aromatic heterocycles. The van der Waals surface area contributed by atoms with Crippen LogP contribution >= 0.6 is 0 Å². The first-order valence-electron chi connectivity index (χ1n) is 6.72. The molecule has 2 rings (SSSR count). The summed E-state index contributed by atoms with van der Waals surface area (Å²) in [6, 6.07) is 10.0. The molecule has 100 valence electrons. The van der Waals surface area contributed by atoms with E-state index in [4.69, 9.17) is 5.26 Å². The number of hydrogen-bond acceptors (Lipinski definition) is 3. The minimum absolute atomic E-state index is 0.00315. The van der Waals surface area contributed by atoms with Crippen molar-refractivity contribution in [3.63, 3.8) is 0 Å². The smallest absolute Gasteiger partial charge is 0.237 e. The summed E-state index contributed by atoms with van der Waals surface area (Å²) in [5.74, 6) is -0.00315. The van der Waals surface area contributed by atoms with Crippen LogP contribution in [-0.2, 0) is 17.8 Å². The molecule has 0 saturated carbocycles. The number of nitrogens with one attached hydrogen (secondary N) is 2. The monoisotopic (exact) mass is 257 g/mol. The van der Waals surface area contributed by atoms with E-state index in [1.165, 1.54) is 11.1 Å². The Morgan fingerprint density at radius 3 is 2.95 bits per heavy atom. The first-order chi connectivity index (χ1) is 9.24. The molecule has 2 N–H and O–H groups in total. The minimum atomic E-state index is -0.192. The van der Waals surface area contributed by atoms with E-state index in [0.29, 0.717) is 12.8 Å². The Balaban J connectivity index is 1.97. The highest BCUT2D eigenvalue weighted by atomic mass is 16.2. The minimum Gasteiger partial charge on any atom is -0.351 e. The first kappa shape index (κ1) is 13.6. The van der Waals surface area contributed by atoms with E-state index in [2.05, 4.69) is 28.8 Å². The van der Waals surface area contributed by atoms with E-state index in [1.807, 2.05) is 19.1 Å². The van der Waals surface area contributed by atoms with Gasteiger partial charge < -0.3 is 10.6 Å². The van der Waals surface area contributed by atoms with Crippen molar-refractivity contribution >= 4 is 5.91 Å². The number of hydrogen-bond donors (Lipinski definition) is 2. The molecule has 0 bridgehead atoms. The van der Waals surface area contributed by atoms with Crippen LogP contribution in [0, 0.1) is 11.3 Å². The van der Waals surface area contributed by atoms with Crippen molar-refractivity contribution < 1.29 is 4.79 Å². The zero-order valence-corrected chi connectivity index (χ0v) is 11.1. The number of nitrogens with zero attached hydrogens (tertiary/aromatic N) is 1. The molecule has 1 aromatic carbocycles. The van der Waals surface area contributed by atoms with Gasteiger partial charge in [0, 0.05) is 12.6 Å². The van der Waals surface area contributed by atoms with Crippen molar-refractivity contribution in [2.75, 3.05) is 0 Å². The highest BCUT2D eigenvalue weighted by molar-refractivity contribution is 5.82. The van der Waals surface area contributed by atoms with E-state index in [1.54, 1.807) is 0 Å². The van der Waals surface area contributed by atoms with Crippen molar-refractivity contribution in [2.45, 2.75) is 44.8 Å². The van der Waals surface area contributed by atoms with Crippen LogP contribution in [0.4, 0.5) is 0 Å². The van der Waals surface area contributed by atoms with Gasteiger partial charge in [0.05, 0.1) is 18.5 Å². The van der Waals surface area contributed by atoms with Crippen LogP contribution in [0.1, 0.15) is 30.9 Å². The summed E-state index contributed by atoms with van der Waals surface area (Å²) in [5, 5.41) is 14.9. The van der Waals surface area contributed by atoms with Crippen molar-refractivity contribution in [2.24, 2.45) is 0 Å². The third-order valence-corrected chi connectivity index (χ3v) is 3.57. The molecule has 0 saturated heterocycles. The maximum atomic E-state index is 12.2. The van der Waals surface area contributed by atoms with Crippen LogP contribution in [-0.4, -0.2) is 18.0 Å². The highest BCUT2D eigenvalue weighted by Crippen LogP contribution is 2.16. The topological polar surface area (TPSA) is 64.9 Å². The van der Waals surface area contributed by atoms with Gasteiger partial charge >= 0.3 is 0 Å². The number of nitriles is 1. The van der Waals surface area contributed by atoms with Crippen LogP contribution in [0.5, 0.6) is 0 Å². The summed E-state index contributed by atoms with van der Waals surface area (Å²) < 4.78 is 0. The molecule has 1 aromatic rings. The zero-order valence-electron chi connectivity index (χ0n) is 11.1. The Morgan fingerprint density at radius 2 is 2.26 bits per heavy atom. The SMILES string of the molecule is CCC(CC#N)NC(=O)[C@@H]1Cc2ccccc2CN1.